The number of nitrogens with zero attached hydrogens (tertiary/aromatic N) is 2. The van der Waals surface area contributed by atoms with E-state index >= 15 is 0 Å². The van der Waals surface area contributed by atoms with Gasteiger partial charge in [-0.3, -0.25) is 4.98 Å². The molecule has 0 aliphatic carbocycles. The van der Waals surface area contributed by atoms with Crippen LogP contribution in [0.5, 0.6) is 0 Å². The van der Waals surface area contributed by atoms with Crippen molar-refractivity contribution in [3.8, 4) is 0 Å². The quantitative estimate of drug-likeness (QED) is 0.571. The van der Waals surface area contributed by atoms with Gasteiger partial charge in [0.15, 0.2) is 0 Å². The molecular formula is C23H27ClN2. The first-order valence-corrected chi connectivity index (χ1v) is 9.46. The molecule has 136 valence electrons. The van der Waals surface area contributed by atoms with Gasteiger partial charge in [0.2, 0.25) is 0 Å². The summed E-state index contributed by atoms with van der Waals surface area (Å²) in [5.74, 6) is 0.733. The fraction of sp³-hybridized carbons (Fsp3) is 0.348. The van der Waals surface area contributed by atoms with E-state index in [1.54, 1.807) is 0 Å². The van der Waals surface area contributed by atoms with Crippen molar-refractivity contribution in [1.82, 2.24) is 4.98 Å². The van der Waals surface area contributed by atoms with E-state index in [1.807, 2.05) is 12.4 Å². The second-order valence-corrected chi connectivity index (χ2v) is 7.26. The maximum atomic E-state index is 4.19. The van der Waals surface area contributed by atoms with Crippen molar-refractivity contribution in [2.75, 3.05) is 11.4 Å². The van der Waals surface area contributed by atoms with Crippen LogP contribution >= 0.6 is 12.4 Å². The van der Waals surface area contributed by atoms with E-state index in [1.165, 1.54) is 41.3 Å². The summed E-state index contributed by atoms with van der Waals surface area (Å²) in [6.07, 6.45) is 8.79. The van der Waals surface area contributed by atoms with Crippen molar-refractivity contribution in [3.63, 3.8) is 0 Å². The van der Waals surface area contributed by atoms with E-state index in [2.05, 4.69) is 71.4 Å². The molecule has 2 aromatic carbocycles. The number of anilines is 1. The van der Waals surface area contributed by atoms with Gasteiger partial charge in [-0.2, -0.15) is 0 Å². The van der Waals surface area contributed by atoms with Crippen LogP contribution in [0.15, 0.2) is 67.0 Å². The van der Waals surface area contributed by atoms with Crippen LogP contribution in [0.3, 0.4) is 0 Å². The Labute approximate surface area is 162 Å². The summed E-state index contributed by atoms with van der Waals surface area (Å²) >= 11 is 0. The highest BCUT2D eigenvalue weighted by Crippen LogP contribution is 2.31. The van der Waals surface area contributed by atoms with Crippen molar-refractivity contribution in [2.45, 2.75) is 38.6 Å². The lowest BCUT2D eigenvalue weighted by Crippen LogP contribution is -2.44. The van der Waals surface area contributed by atoms with Crippen LogP contribution in [-0.4, -0.2) is 17.6 Å². The molecule has 2 atom stereocenters. The van der Waals surface area contributed by atoms with E-state index < -0.39 is 0 Å². The third-order valence-electron chi connectivity index (χ3n) is 5.70. The first kappa shape index (κ1) is 18.7. The number of pyridine rings is 1. The summed E-state index contributed by atoms with van der Waals surface area (Å²) in [6.45, 7) is 3.58. The Kier molecular flexibility index (Phi) is 6.16. The van der Waals surface area contributed by atoms with Crippen molar-refractivity contribution in [1.29, 1.82) is 0 Å². The Morgan fingerprint density at radius 1 is 1.00 bits per heavy atom. The van der Waals surface area contributed by atoms with Crippen LogP contribution < -0.4 is 4.90 Å². The van der Waals surface area contributed by atoms with Crippen LogP contribution in [-0.2, 0) is 6.42 Å². The molecule has 1 aliphatic heterocycles. The summed E-state index contributed by atoms with van der Waals surface area (Å²) in [7, 11) is 0. The predicted molar refractivity (Wildman–Crippen MR) is 113 cm³/mol. The summed E-state index contributed by atoms with van der Waals surface area (Å²) in [5.41, 5.74) is 2.80. The molecule has 26 heavy (non-hydrogen) atoms. The molecule has 0 spiro atoms. The van der Waals surface area contributed by atoms with E-state index in [0.717, 1.165) is 18.9 Å². The van der Waals surface area contributed by atoms with Crippen LogP contribution in [0.2, 0.25) is 0 Å². The van der Waals surface area contributed by atoms with Gasteiger partial charge in [-0.05, 0) is 60.1 Å². The number of benzene rings is 2. The van der Waals surface area contributed by atoms with Gasteiger partial charge in [0, 0.05) is 30.7 Å². The normalized spacial score (nSPS) is 20.0. The fourth-order valence-electron chi connectivity index (χ4n) is 4.36. The van der Waals surface area contributed by atoms with Crippen molar-refractivity contribution in [2.24, 2.45) is 5.92 Å². The summed E-state index contributed by atoms with van der Waals surface area (Å²) in [4.78, 5) is 6.80. The second-order valence-electron chi connectivity index (χ2n) is 7.26. The summed E-state index contributed by atoms with van der Waals surface area (Å²) in [5, 5.41) is 2.76. The number of hydrogen-bond donors (Lipinski definition) is 0. The largest absolute Gasteiger partial charge is 0.368 e. The van der Waals surface area contributed by atoms with Crippen LogP contribution in [0.1, 0.15) is 31.7 Å². The summed E-state index contributed by atoms with van der Waals surface area (Å²) < 4.78 is 0. The van der Waals surface area contributed by atoms with Crippen molar-refractivity contribution >= 4 is 28.9 Å². The number of halogens is 1. The number of piperidine rings is 1. The van der Waals surface area contributed by atoms with Gasteiger partial charge < -0.3 is 4.90 Å². The molecule has 2 heterocycles. The van der Waals surface area contributed by atoms with Gasteiger partial charge in [-0.15, -0.1) is 12.4 Å². The van der Waals surface area contributed by atoms with Crippen LogP contribution in [0.25, 0.3) is 10.8 Å². The van der Waals surface area contributed by atoms with Crippen LogP contribution in [0.4, 0.5) is 5.69 Å². The highest BCUT2D eigenvalue weighted by molar-refractivity contribution is 5.86. The molecule has 1 fully saturated rings. The SMILES string of the molecule is CC1CCCN(c2ccncc2)C1CCc1cccc2ccccc12.Cl. The Morgan fingerprint density at radius 2 is 1.77 bits per heavy atom. The highest BCUT2D eigenvalue weighted by atomic mass is 35.5. The minimum atomic E-state index is 0. The Bertz CT molecular complexity index is 828. The van der Waals surface area contributed by atoms with E-state index in [9.17, 15) is 0 Å². The van der Waals surface area contributed by atoms with Gasteiger partial charge in [0.25, 0.3) is 0 Å². The molecule has 4 rings (SSSR count). The van der Waals surface area contributed by atoms with E-state index in [4.69, 9.17) is 0 Å². The average molecular weight is 367 g/mol. The molecule has 0 N–H and O–H groups in total. The molecule has 1 aliphatic rings. The fourth-order valence-corrected chi connectivity index (χ4v) is 4.36. The molecule has 3 heteroatoms. The standard InChI is InChI=1S/C23H26N2.ClH/c1-18-6-5-17-25(21-13-15-24-16-14-21)23(18)12-11-20-9-4-8-19-7-2-3-10-22(19)20;/h2-4,7-10,13-16,18,23H,5-6,11-12,17H2,1H3;1H. The lowest BCUT2D eigenvalue weighted by atomic mass is 9.86. The molecular weight excluding hydrogens is 340 g/mol. The molecule has 1 aromatic heterocycles. The van der Waals surface area contributed by atoms with Crippen molar-refractivity contribution in [3.05, 3.63) is 72.6 Å². The van der Waals surface area contributed by atoms with Gasteiger partial charge in [-0.1, -0.05) is 49.4 Å². The first-order chi connectivity index (χ1) is 12.3. The first-order valence-electron chi connectivity index (χ1n) is 9.46. The topological polar surface area (TPSA) is 16.1 Å². The van der Waals surface area contributed by atoms with E-state index in [0.29, 0.717) is 6.04 Å². The minimum Gasteiger partial charge on any atom is -0.368 e. The van der Waals surface area contributed by atoms with Gasteiger partial charge in [-0.25, -0.2) is 0 Å². The number of aromatic nitrogens is 1. The second kappa shape index (κ2) is 8.55. The summed E-state index contributed by atoms with van der Waals surface area (Å²) in [6, 6.07) is 20.4. The lowest BCUT2D eigenvalue weighted by molar-refractivity contribution is 0.330. The Morgan fingerprint density at radius 3 is 2.62 bits per heavy atom. The predicted octanol–water partition coefficient (Wildman–Crippen LogP) is 5.89. The maximum absolute atomic E-state index is 4.19. The van der Waals surface area contributed by atoms with Gasteiger partial charge in [0.05, 0.1) is 0 Å². The molecule has 2 nitrogen and oxygen atoms in total. The molecule has 2 unspecified atom stereocenters. The molecule has 0 amide bonds. The average Bonchev–Trinajstić information content (AvgIpc) is 2.67. The monoisotopic (exact) mass is 366 g/mol. The number of hydrogen-bond acceptors (Lipinski definition) is 2. The number of aryl methyl sites for hydroxylation is 1. The smallest absolute Gasteiger partial charge is 0.0399 e. The molecule has 0 radical (unpaired) electrons. The molecule has 0 saturated carbocycles. The van der Waals surface area contributed by atoms with Crippen LogP contribution in [0, 0.1) is 5.92 Å². The van der Waals surface area contributed by atoms with Crippen molar-refractivity contribution < 1.29 is 0 Å². The molecule has 1 saturated heterocycles. The zero-order chi connectivity index (χ0) is 17.1. The molecule has 3 aromatic rings. The van der Waals surface area contributed by atoms with E-state index in [-0.39, 0.29) is 12.4 Å². The third kappa shape index (κ3) is 3.86. The zero-order valence-corrected chi connectivity index (χ0v) is 16.2. The van der Waals surface area contributed by atoms with Gasteiger partial charge >= 0.3 is 0 Å². The maximum Gasteiger partial charge on any atom is 0.0399 e. The number of fused-ring (bicyclic) bond motifs is 1. The zero-order valence-electron chi connectivity index (χ0n) is 15.3. The Balaban J connectivity index is 0.00000196. The number of rotatable bonds is 4. The van der Waals surface area contributed by atoms with Gasteiger partial charge in [0.1, 0.15) is 0 Å². The minimum absolute atomic E-state index is 0. The Hall–Kier alpha value is -2.06. The third-order valence-corrected chi connectivity index (χ3v) is 5.70. The highest BCUT2D eigenvalue weighted by Gasteiger charge is 2.28. The molecule has 0 bridgehead atoms. The lowest BCUT2D eigenvalue weighted by Gasteiger charge is -2.42.